The van der Waals surface area contributed by atoms with Gasteiger partial charge in [-0.1, -0.05) is 0 Å². The van der Waals surface area contributed by atoms with Gasteiger partial charge in [-0.15, -0.1) is 5.10 Å². The number of halogens is 1. The molecular weight excluding hydrogens is 395 g/mol. The second-order valence-electron chi connectivity index (χ2n) is 4.92. The highest BCUT2D eigenvalue weighted by molar-refractivity contribution is 14.1. The summed E-state index contributed by atoms with van der Waals surface area (Å²) in [7, 11) is 0. The van der Waals surface area contributed by atoms with Gasteiger partial charge in [0, 0.05) is 29.5 Å². The minimum atomic E-state index is 0.140. The number of hydrogen-bond donors (Lipinski definition) is 3. The Bertz CT molecular complexity index is 513. The van der Waals surface area contributed by atoms with Crippen LogP contribution in [0.4, 0.5) is 11.8 Å². The SMILES string of the molecule is Cc1cnc(NC[C@H](CCO)CNc2ccc(I)cn2)nn1. The van der Waals surface area contributed by atoms with E-state index in [1.54, 1.807) is 6.20 Å². The standard InChI is InChI=1S/C14H19IN6O/c1-10-6-18-14(21-20-10)19-8-11(4-5-22)7-16-13-3-2-12(15)9-17-13/h2-3,6,9,11,22H,4-5,7-8H2,1H3,(H,16,17)(H,18,19,21)/t11-/m1/s1. The second-order valence-corrected chi connectivity index (χ2v) is 6.17. The van der Waals surface area contributed by atoms with Crippen LogP contribution in [0.25, 0.3) is 0 Å². The van der Waals surface area contributed by atoms with Crippen LogP contribution in [0.5, 0.6) is 0 Å². The third kappa shape index (κ3) is 5.68. The smallest absolute Gasteiger partial charge is 0.242 e. The topological polar surface area (TPSA) is 95.9 Å². The number of rotatable bonds is 8. The molecule has 0 saturated carbocycles. The molecule has 0 spiro atoms. The molecule has 0 fully saturated rings. The zero-order valence-corrected chi connectivity index (χ0v) is 14.5. The van der Waals surface area contributed by atoms with Crippen LogP contribution in [0.3, 0.4) is 0 Å². The highest BCUT2D eigenvalue weighted by Gasteiger charge is 2.09. The Morgan fingerprint density at radius 1 is 1.14 bits per heavy atom. The van der Waals surface area contributed by atoms with Crippen molar-refractivity contribution in [2.24, 2.45) is 5.92 Å². The fraction of sp³-hybridized carbons (Fsp3) is 0.429. The first kappa shape index (κ1) is 16.8. The molecule has 2 aromatic rings. The van der Waals surface area contributed by atoms with Gasteiger partial charge in [0.15, 0.2) is 0 Å². The Kier molecular flexibility index (Phi) is 6.72. The normalized spacial score (nSPS) is 12.0. The van der Waals surface area contributed by atoms with E-state index in [9.17, 15) is 5.11 Å². The van der Waals surface area contributed by atoms with Crippen LogP contribution >= 0.6 is 22.6 Å². The predicted molar refractivity (Wildman–Crippen MR) is 93.7 cm³/mol. The lowest BCUT2D eigenvalue weighted by molar-refractivity contribution is 0.263. The summed E-state index contributed by atoms with van der Waals surface area (Å²) in [6, 6.07) is 3.94. The molecule has 0 aliphatic rings. The molecule has 118 valence electrons. The van der Waals surface area contributed by atoms with Crippen molar-refractivity contribution in [3.63, 3.8) is 0 Å². The minimum absolute atomic E-state index is 0.140. The average Bonchev–Trinajstić information content (AvgIpc) is 2.53. The quantitative estimate of drug-likeness (QED) is 0.566. The molecule has 0 aliphatic heterocycles. The highest BCUT2D eigenvalue weighted by Crippen LogP contribution is 2.10. The zero-order valence-electron chi connectivity index (χ0n) is 12.3. The first-order valence-electron chi connectivity index (χ1n) is 7.04. The molecule has 0 bridgehead atoms. The van der Waals surface area contributed by atoms with Crippen molar-refractivity contribution in [1.82, 2.24) is 20.2 Å². The predicted octanol–water partition coefficient (Wildman–Crippen LogP) is 1.70. The Morgan fingerprint density at radius 2 is 1.95 bits per heavy atom. The maximum absolute atomic E-state index is 9.19. The summed E-state index contributed by atoms with van der Waals surface area (Å²) in [5.74, 6) is 1.56. The summed E-state index contributed by atoms with van der Waals surface area (Å²) >= 11 is 2.22. The number of anilines is 2. The van der Waals surface area contributed by atoms with Gasteiger partial charge in [-0.2, -0.15) is 5.10 Å². The van der Waals surface area contributed by atoms with E-state index < -0.39 is 0 Å². The van der Waals surface area contributed by atoms with Crippen molar-refractivity contribution < 1.29 is 5.11 Å². The van der Waals surface area contributed by atoms with Gasteiger partial charge in [-0.3, -0.25) is 0 Å². The summed E-state index contributed by atoms with van der Waals surface area (Å²) in [6.45, 7) is 3.35. The van der Waals surface area contributed by atoms with Crippen LogP contribution in [-0.2, 0) is 0 Å². The van der Waals surface area contributed by atoms with Crippen molar-refractivity contribution in [2.45, 2.75) is 13.3 Å². The van der Waals surface area contributed by atoms with Gasteiger partial charge in [-0.05, 0) is 54.0 Å². The number of nitrogens with zero attached hydrogens (tertiary/aromatic N) is 4. The molecular formula is C14H19IN6O. The summed E-state index contributed by atoms with van der Waals surface area (Å²) in [4.78, 5) is 8.46. The molecule has 2 aromatic heterocycles. The minimum Gasteiger partial charge on any atom is -0.396 e. The van der Waals surface area contributed by atoms with Crippen LogP contribution in [0, 0.1) is 16.4 Å². The van der Waals surface area contributed by atoms with Crippen molar-refractivity contribution in [1.29, 1.82) is 0 Å². The van der Waals surface area contributed by atoms with E-state index in [1.807, 2.05) is 25.3 Å². The molecule has 0 aliphatic carbocycles. The van der Waals surface area contributed by atoms with E-state index in [0.29, 0.717) is 25.5 Å². The van der Waals surface area contributed by atoms with Gasteiger partial charge in [0.1, 0.15) is 5.82 Å². The fourth-order valence-electron chi connectivity index (χ4n) is 1.84. The second kappa shape index (κ2) is 8.79. The van der Waals surface area contributed by atoms with E-state index in [1.165, 1.54) is 0 Å². The van der Waals surface area contributed by atoms with Crippen molar-refractivity contribution in [3.05, 3.63) is 33.8 Å². The molecule has 7 nitrogen and oxygen atoms in total. The summed E-state index contributed by atoms with van der Waals surface area (Å²) in [6.07, 6.45) is 4.17. The van der Waals surface area contributed by atoms with Gasteiger partial charge in [-0.25, -0.2) is 9.97 Å². The number of pyridine rings is 1. The molecule has 8 heteroatoms. The first-order chi connectivity index (χ1) is 10.7. The van der Waals surface area contributed by atoms with Crippen LogP contribution in [0.1, 0.15) is 12.1 Å². The highest BCUT2D eigenvalue weighted by atomic mass is 127. The van der Waals surface area contributed by atoms with Gasteiger partial charge in [0.25, 0.3) is 0 Å². The molecule has 1 atom stereocenters. The van der Waals surface area contributed by atoms with Crippen molar-refractivity contribution in [2.75, 3.05) is 30.3 Å². The number of aliphatic hydroxyl groups is 1. The number of hydrogen-bond acceptors (Lipinski definition) is 7. The lowest BCUT2D eigenvalue weighted by atomic mass is 10.1. The fourth-order valence-corrected chi connectivity index (χ4v) is 2.16. The van der Waals surface area contributed by atoms with E-state index in [4.69, 9.17) is 0 Å². The maximum Gasteiger partial charge on any atom is 0.242 e. The van der Waals surface area contributed by atoms with Crippen LogP contribution in [-0.4, -0.2) is 45.0 Å². The molecule has 0 unspecified atom stereocenters. The lowest BCUT2D eigenvalue weighted by Gasteiger charge is -2.17. The Labute approximate surface area is 143 Å². The first-order valence-corrected chi connectivity index (χ1v) is 8.11. The number of aromatic nitrogens is 4. The van der Waals surface area contributed by atoms with E-state index in [2.05, 4.69) is 53.4 Å². The van der Waals surface area contributed by atoms with Crippen molar-refractivity contribution in [3.8, 4) is 0 Å². The van der Waals surface area contributed by atoms with Gasteiger partial charge < -0.3 is 15.7 Å². The largest absolute Gasteiger partial charge is 0.396 e. The van der Waals surface area contributed by atoms with Crippen LogP contribution < -0.4 is 10.6 Å². The van der Waals surface area contributed by atoms with E-state index in [0.717, 1.165) is 15.1 Å². The number of aryl methyl sites for hydroxylation is 1. The average molecular weight is 414 g/mol. The third-order valence-corrected chi connectivity index (χ3v) is 3.70. The van der Waals surface area contributed by atoms with Crippen molar-refractivity contribution >= 4 is 34.4 Å². The summed E-state index contributed by atoms with van der Waals surface area (Å²) < 4.78 is 1.10. The monoisotopic (exact) mass is 414 g/mol. The molecule has 0 amide bonds. The third-order valence-electron chi connectivity index (χ3n) is 3.06. The molecule has 0 aromatic carbocycles. The van der Waals surface area contributed by atoms with Crippen LogP contribution in [0.15, 0.2) is 24.5 Å². The maximum atomic E-state index is 9.19. The molecule has 2 heterocycles. The Hall–Kier alpha value is -1.55. The van der Waals surface area contributed by atoms with E-state index >= 15 is 0 Å². The molecule has 0 saturated heterocycles. The number of nitrogens with one attached hydrogen (secondary N) is 2. The molecule has 3 N–H and O–H groups in total. The molecule has 22 heavy (non-hydrogen) atoms. The summed E-state index contributed by atoms with van der Waals surface area (Å²) in [5.41, 5.74) is 0.781. The Morgan fingerprint density at radius 3 is 2.59 bits per heavy atom. The Balaban J connectivity index is 1.83. The van der Waals surface area contributed by atoms with E-state index in [-0.39, 0.29) is 12.5 Å². The van der Waals surface area contributed by atoms with Gasteiger partial charge in [0.05, 0.1) is 11.9 Å². The lowest BCUT2D eigenvalue weighted by Crippen LogP contribution is -2.24. The zero-order chi connectivity index (χ0) is 15.8. The summed E-state index contributed by atoms with van der Waals surface area (Å²) in [5, 5.41) is 23.5. The molecule has 2 rings (SSSR count). The van der Waals surface area contributed by atoms with Gasteiger partial charge >= 0.3 is 0 Å². The van der Waals surface area contributed by atoms with Crippen LogP contribution in [0.2, 0.25) is 0 Å². The molecule has 0 radical (unpaired) electrons. The van der Waals surface area contributed by atoms with Gasteiger partial charge in [0.2, 0.25) is 5.95 Å². The number of aliphatic hydroxyl groups excluding tert-OH is 1.